The van der Waals surface area contributed by atoms with Crippen LogP contribution in [0, 0.1) is 5.82 Å². The van der Waals surface area contributed by atoms with E-state index in [-0.39, 0.29) is 3.79 Å². The molecule has 80 valence electrons. The largest absolute Gasteiger partial charge is 0.282 e. The Hall–Kier alpha value is -1.37. The van der Waals surface area contributed by atoms with Gasteiger partial charge in [0.25, 0.3) is 0 Å². The number of nitrogens with zero attached hydrogens (tertiary/aromatic N) is 2. The number of hydrogen-bond donors (Lipinski definition) is 0. The second-order valence-electron chi connectivity index (χ2n) is 3.04. The molecule has 1 heterocycles. The molecule has 1 aromatic heterocycles. The average Bonchev–Trinajstić information content (AvgIpc) is 2.29. The summed E-state index contributed by atoms with van der Waals surface area (Å²) in [5.74, 6) is -0.0640. The van der Waals surface area contributed by atoms with Crippen LogP contribution in [-0.4, -0.2) is 13.8 Å². The van der Waals surface area contributed by atoms with E-state index >= 15 is 0 Å². The van der Waals surface area contributed by atoms with Gasteiger partial charge in [0.1, 0.15) is 5.82 Å². The van der Waals surface area contributed by atoms with E-state index in [1.807, 2.05) is 0 Å². The number of carbonyl (C=O) groups is 1. The number of aromatic nitrogens is 2. The van der Waals surface area contributed by atoms with Crippen LogP contribution in [-0.2, 0) is 0 Å². The van der Waals surface area contributed by atoms with Crippen LogP contribution < -0.4 is 0 Å². The highest BCUT2D eigenvalue weighted by molar-refractivity contribution is 14.1. The SMILES string of the molecule is O=C(I)c1ccc(F)cc1-c1ncccn1. The minimum atomic E-state index is -0.413. The Labute approximate surface area is 105 Å². The first-order valence-electron chi connectivity index (χ1n) is 4.45. The minimum Gasteiger partial charge on any atom is -0.282 e. The van der Waals surface area contributed by atoms with Crippen molar-refractivity contribution < 1.29 is 9.18 Å². The first-order valence-corrected chi connectivity index (χ1v) is 5.53. The molecule has 0 aliphatic carbocycles. The summed E-state index contributed by atoms with van der Waals surface area (Å²) in [5.41, 5.74) is 0.827. The molecule has 2 aromatic rings. The highest BCUT2D eigenvalue weighted by Crippen LogP contribution is 2.23. The van der Waals surface area contributed by atoms with Crippen LogP contribution in [0.1, 0.15) is 10.4 Å². The molecular weight excluding hydrogens is 322 g/mol. The van der Waals surface area contributed by atoms with Gasteiger partial charge in [0.05, 0.1) is 0 Å². The second-order valence-corrected chi connectivity index (χ2v) is 4.02. The number of rotatable bonds is 2. The van der Waals surface area contributed by atoms with Crippen LogP contribution in [0.25, 0.3) is 11.4 Å². The predicted molar refractivity (Wildman–Crippen MR) is 65.8 cm³/mol. The Balaban J connectivity index is 2.63. The summed E-state index contributed by atoms with van der Waals surface area (Å²) in [6.07, 6.45) is 3.10. The lowest BCUT2D eigenvalue weighted by molar-refractivity contribution is 0.110. The first-order chi connectivity index (χ1) is 7.68. The van der Waals surface area contributed by atoms with E-state index < -0.39 is 5.82 Å². The van der Waals surface area contributed by atoms with Crippen LogP contribution in [0.15, 0.2) is 36.7 Å². The van der Waals surface area contributed by atoms with Gasteiger partial charge in [-0.25, -0.2) is 14.4 Å². The second kappa shape index (κ2) is 4.65. The smallest absolute Gasteiger partial charge is 0.223 e. The van der Waals surface area contributed by atoms with Crippen LogP contribution in [0.5, 0.6) is 0 Å². The molecule has 0 unspecified atom stereocenters. The highest BCUT2D eigenvalue weighted by atomic mass is 127. The molecule has 5 heteroatoms. The maximum Gasteiger partial charge on any atom is 0.223 e. The van der Waals surface area contributed by atoms with Crippen molar-refractivity contribution in [1.29, 1.82) is 0 Å². The van der Waals surface area contributed by atoms with Gasteiger partial charge in [-0.15, -0.1) is 0 Å². The Morgan fingerprint density at radius 3 is 2.56 bits per heavy atom. The number of hydrogen-bond acceptors (Lipinski definition) is 3. The highest BCUT2D eigenvalue weighted by Gasteiger charge is 2.12. The fraction of sp³-hybridized carbons (Fsp3) is 0. The topological polar surface area (TPSA) is 42.9 Å². The molecule has 0 amide bonds. The molecule has 0 saturated heterocycles. The molecule has 0 bridgehead atoms. The van der Waals surface area contributed by atoms with E-state index in [0.29, 0.717) is 17.0 Å². The van der Waals surface area contributed by atoms with Crippen LogP contribution in [0.2, 0.25) is 0 Å². The van der Waals surface area contributed by atoms with E-state index in [9.17, 15) is 9.18 Å². The zero-order valence-electron chi connectivity index (χ0n) is 8.02. The zero-order valence-corrected chi connectivity index (χ0v) is 10.2. The van der Waals surface area contributed by atoms with Gasteiger partial charge in [-0.05, 0) is 24.3 Å². The van der Waals surface area contributed by atoms with Crippen molar-refractivity contribution in [2.24, 2.45) is 0 Å². The first kappa shape index (κ1) is 11.1. The number of halogens is 2. The van der Waals surface area contributed by atoms with Gasteiger partial charge < -0.3 is 0 Å². The summed E-state index contributed by atoms with van der Waals surface area (Å²) in [7, 11) is 0. The van der Waals surface area contributed by atoms with Crippen molar-refractivity contribution in [3.05, 3.63) is 48.0 Å². The van der Waals surface area contributed by atoms with Crippen molar-refractivity contribution in [1.82, 2.24) is 9.97 Å². The van der Waals surface area contributed by atoms with Gasteiger partial charge in [-0.3, -0.25) is 4.79 Å². The normalized spacial score (nSPS) is 10.1. The molecule has 0 aliphatic heterocycles. The van der Waals surface area contributed by atoms with E-state index in [1.54, 1.807) is 41.1 Å². The van der Waals surface area contributed by atoms with Gasteiger partial charge in [0.2, 0.25) is 3.79 Å². The molecule has 0 saturated carbocycles. The molecular formula is C11H6FIN2O. The Morgan fingerprint density at radius 2 is 1.94 bits per heavy atom. The van der Waals surface area contributed by atoms with Crippen LogP contribution in [0.4, 0.5) is 4.39 Å². The molecule has 0 aliphatic rings. The van der Waals surface area contributed by atoms with Crippen molar-refractivity contribution in [2.75, 3.05) is 0 Å². The maximum atomic E-state index is 13.1. The predicted octanol–water partition coefficient (Wildman–Crippen LogP) is 2.86. The third-order valence-electron chi connectivity index (χ3n) is 2.00. The van der Waals surface area contributed by atoms with Gasteiger partial charge in [0.15, 0.2) is 5.82 Å². The van der Waals surface area contributed by atoms with Gasteiger partial charge in [-0.2, -0.15) is 0 Å². The fourth-order valence-electron chi connectivity index (χ4n) is 1.31. The van der Waals surface area contributed by atoms with Crippen molar-refractivity contribution >= 4 is 26.4 Å². The third-order valence-corrected chi connectivity index (χ3v) is 2.58. The van der Waals surface area contributed by atoms with Crippen LogP contribution in [0.3, 0.4) is 0 Å². The number of benzene rings is 1. The van der Waals surface area contributed by atoms with Crippen molar-refractivity contribution in [2.45, 2.75) is 0 Å². The minimum absolute atomic E-state index is 0.167. The lowest BCUT2D eigenvalue weighted by Gasteiger charge is -2.04. The monoisotopic (exact) mass is 328 g/mol. The van der Waals surface area contributed by atoms with E-state index in [2.05, 4.69) is 9.97 Å². The van der Waals surface area contributed by atoms with Crippen molar-refractivity contribution in [3.8, 4) is 11.4 Å². The zero-order chi connectivity index (χ0) is 11.5. The van der Waals surface area contributed by atoms with E-state index in [4.69, 9.17) is 0 Å². The molecule has 16 heavy (non-hydrogen) atoms. The summed E-state index contributed by atoms with van der Waals surface area (Å²) in [6.45, 7) is 0. The molecule has 0 fully saturated rings. The maximum absolute atomic E-state index is 13.1. The lowest BCUT2D eigenvalue weighted by atomic mass is 10.1. The Morgan fingerprint density at radius 1 is 1.25 bits per heavy atom. The van der Waals surface area contributed by atoms with Crippen LogP contribution >= 0.6 is 22.6 Å². The number of carbonyl (C=O) groups excluding carboxylic acids is 1. The molecule has 0 spiro atoms. The average molecular weight is 328 g/mol. The molecule has 0 N–H and O–H groups in total. The summed E-state index contributed by atoms with van der Waals surface area (Å²) in [5, 5.41) is 0. The Bertz CT molecular complexity index is 531. The third kappa shape index (κ3) is 2.24. The van der Waals surface area contributed by atoms with Gasteiger partial charge >= 0.3 is 0 Å². The molecule has 2 rings (SSSR count). The van der Waals surface area contributed by atoms with Gasteiger partial charge in [0, 0.05) is 46.1 Å². The van der Waals surface area contributed by atoms with E-state index in [1.165, 1.54) is 18.2 Å². The molecule has 1 aromatic carbocycles. The molecule has 0 radical (unpaired) electrons. The standard InChI is InChI=1S/C11H6FIN2O/c12-7-2-3-8(10(13)16)9(6-7)11-14-4-1-5-15-11/h1-6H. The Kier molecular flexibility index (Phi) is 3.23. The van der Waals surface area contributed by atoms with Crippen molar-refractivity contribution in [3.63, 3.8) is 0 Å². The summed E-state index contributed by atoms with van der Waals surface area (Å²) in [6, 6.07) is 5.61. The lowest BCUT2D eigenvalue weighted by Crippen LogP contribution is -1.97. The summed E-state index contributed by atoms with van der Waals surface area (Å²) in [4.78, 5) is 19.4. The molecule has 0 atom stereocenters. The quantitative estimate of drug-likeness (QED) is 0.629. The fourth-order valence-corrected chi connectivity index (χ4v) is 1.78. The molecule has 3 nitrogen and oxygen atoms in total. The summed E-state index contributed by atoms with van der Waals surface area (Å²) >= 11 is 1.66. The van der Waals surface area contributed by atoms with E-state index in [0.717, 1.165) is 0 Å². The van der Waals surface area contributed by atoms with Gasteiger partial charge in [-0.1, -0.05) is 0 Å². The summed E-state index contributed by atoms with van der Waals surface area (Å²) < 4.78 is 13.0.